The highest BCUT2D eigenvalue weighted by atomic mass is 79.9. The van der Waals surface area contributed by atoms with Gasteiger partial charge in [0.25, 0.3) is 29.5 Å². The van der Waals surface area contributed by atoms with Gasteiger partial charge in [0.15, 0.2) is 0 Å². The van der Waals surface area contributed by atoms with Crippen LogP contribution in [-0.2, 0) is 25.9 Å². The van der Waals surface area contributed by atoms with E-state index in [0.717, 1.165) is 0 Å². The number of aromatic amines is 1. The Morgan fingerprint density at radius 2 is 1.28 bits per heavy atom. The lowest BCUT2D eigenvalue weighted by molar-refractivity contribution is -0.112. The van der Waals surface area contributed by atoms with Crippen molar-refractivity contribution in [1.29, 1.82) is 5.41 Å². The molecule has 0 aliphatic heterocycles. The molecule has 0 fully saturated rings. The number of amides is 5. The molecule has 4 rings (SSSR count). The molecule has 18 nitrogen and oxygen atoms in total. The molecule has 0 aliphatic carbocycles. The zero-order valence-electron chi connectivity index (χ0n) is 25.2. The van der Waals surface area contributed by atoms with Crippen LogP contribution in [-0.4, -0.2) is 70.8 Å². The molecule has 4 aromatic heterocycles. The number of aryl methyl sites for hydroxylation is 3. The van der Waals surface area contributed by atoms with Crippen LogP contribution in [0.1, 0.15) is 48.5 Å². The van der Waals surface area contributed by atoms with E-state index in [1.54, 1.807) is 38.1 Å². The van der Waals surface area contributed by atoms with Gasteiger partial charge in [0, 0.05) is 52.7 Å². The number of carbonyl (C=O) groups excluding carboxylic acids is 5. The van der Waals surface area contributed by atoms with Crippen molar-refractivity contribution < 1.29 is 24.0 Å². The van der Waals surface area contributed by atoms with Crippen LogP contribution in [0.4, 0.5) is 23.0 Å². The molecule has 0 aliphatic rings. The smallest absolute Gasteiger partial charge is 0.293 e. The molecule has 0 radical (unpaired) electrons. The van der Waals surface area contributed by atoms with E-state index in [4.69, 9.17) is 11.1 Å². The number of nitrogens with zero attached hydrogens (tertiary/aromatic N) is 5. The average Bonchev–Trinajstić information content (AvgIpc) is 3.75. The molecular weight excluding hydrogens is 702 g/mol. The summed E-state index contributed by atoms with van der Waals surface area (Å²) in [6.07, 6.45) is 4.87. The van der Waals surface area contributed by atoms with E-state index in [0.29, 0.717) is 17.1 Å². The Morgan fingerprint density at radius 3 is 1.72 bits per heavy atom. The lowest BCUT2D eigenvalue weighted by Gasteiger charge is -2.04. The van der Waals surface area contributed by atoms with Gasteiger partial charge in [-0.05, 0) is 34.1 Å². The third kappa shape index (κ3) is 8.95. The number of hydrogen-bond acceptors (Lipinski definition) is 8. The molecular formula is C27H31BrClN13O5. The number of nitrogens with one attached hydrogen (secondary N) is 7. The van der Waals surface area contributed by atoms with Gasteiger partial charge in [-0.25, -0.2) is 0 Å². The van der Waals surface area contributed by atoms with Gasteiger partial charge in [-0.1, -0.05) is 6.58 Å². The topological polar surface area (TPSA) is 252 Å². The largest absolute Gasteiger partial charge is 0.388 e. The molecule has 0 saturated carbocycles. The van der Waals surface area contributed by atoms with E-state index in [1.807, 2.05) is 0 Å². The van der Waals surface area contributed by atoms with Gasteiger partial charge in [0.1, 0.15) is 17.1 Å². The highest BCUT2D eigenvalue weighted by molar-refractivity contribution is 9.12. The van der Waals surface area contributed by atoms with Crippen molar-refractivity contribution in [3.05, 3.63) is 70.8 Å². The van der Waals surface area contributed by atoms with Crippen LogP contribution in [0.25, 0.3) is 0 Å². The Morgan fingerprint density at radius 1 is 0.830 bits per heavy atom. The molecule has 248 valence electrons. The molecule has 0 unspecified atom stereocenters. The summed E-state index contributed by atoms with van der Waals surface area (Å²) in [5.41, 5.74) is 7.05. The summed E-state index contributed by atoms with van der Waals surface area (Å²) in [6, 6.07) is 4.45. The molecule has 4 aromatic rings. The van der Waals surface area contributed by atoms with Gasteiger partial charge in [-0.15, -0.1) is 17.5 Å². The SMILES string of the molecule is C=C(Br)C(=O)Nc1n[nH]c(C(=O)Nc2cc(C(=O)Nc3cc(C(=O)Nc4cc(C(=O)NCCC(=N)N)n(C)c4)n(C)c3)n(C)c2)n1.Cl. The molecule has 5 amide bonds. The monoisotopic (exact) mass is 731 g/mol. The number of aromatic nitrogens is 6. The number of anilines is 4. The summed E-state index contributed by atoms with van der Waals surface area (Å²) in [5, 5.41) is 26.5. The molecule has 47 heavy (non-hydrogen) atoms. The maximum absolute atomic E-state index is 13.1. The second kappa shape index (κ2) is 15.1. The lowest BCUT2D eigenvalue weighted by atomic mass is 10.3. The van der Waals surface area contributed by atoms with Gasteiger partial charge in [-0.2, -0.15) is 4.98 Å². The second-order valence-corrected chi connectivity index (χ2v) is 10.9. The van der Waals surface area contributed by atoms with Crippen molar-refractivity contribution in [3.8, 4) is 0 Å². The van der Waals surface area contributed by atoms with E-state index in [1.165, 1.54) is 33.5 Å². The van der Waals surface area contributed by atoms with Crippen LogP contribution in [0, 0.1) is 5.41 Å². The Hall–Kier alpha value is -5.69. The Kier molecular flexibility index (Phi) is 11.5. The highest BCUT2D eigenvalue weighted by Gasteiger charge is 2.20. The van der Waals surface area contributed by atoms with Crippen molar-refractivity contribution in [2.75, 3.05) is 27.8 Å². The third-order valence-corrected chi connectivity index (χ3v) is 6.70. The van der Waals surface area contributed by atoms with E-state index in [-0.39, 0.29) is 70.4 Å². The van der Waals surface area contributed by atoms with Crippen LogP contribution < -0.4 is 32.3 Å². The summed E-state index contributed by atoms with van der Waals surface area (Å²) < 4.78 is 4.64. The first-order valence-corrected chi connectivity index (χ1v) is 14.1. The average molecular weight is 733 g/mol. The third-order valence-electron chi connectivity index (χ3n) is 6.34. The summed E-state index contributed by atoms with van der Waals surface area (Å²) >= 11 is 2.93. The van der Waals surface area contributed by atoms with Crippen molar-refractivity contribution in [1.82, 2.24) is 34.2 Å². The van der Waals surface area contributed by atoms with Gasteiger partial charge >= 0.3 is 0 Å². The minimum Gasteiger partial charge on any atom is -0.388 e. The van der Waals surface area contributed by atoms with Crippen molar-refractivity contribution in [2.45, 2.75) is 6.42 Å². The number of amidine groups is 1. The van der Waals surface area contributed by atoms with Crippen LogP contribution in [0.2, 0.25) is 0 Å². The molecule has 0 saturated heterocycles. The zero-order chi connectivity index (χ0) is 33.7. The molecule has 0 atom stereocenters. The Labute approximate surface area is 281 Å². The fourth-order valence-corrected chi connectivity index (χ4v) is 4.25. The van der Waals surface area contributed by atoms with E-state index in [9.17, 15) is 24.0 Å². The second-order valence-electron chi connectivity index (χ2n) is 9.93. The number of rotatable bonds is 12. The number of hydrogen-bond donors (Lipinski definition) is 8. The fourth-order valence-electron chi connectivity index (χ4n) is 4.15. The first kappa shape index (κ1) is 35.8. The zero-order valence-corrected chi connectivity index (χ0v) is 27.6. The molecule has 0 spiro atoms. The standard InChI is InChI=1S/C27H30BrN13O5.ClH/c1-13(28)22(42)36-27-35-21(37-38-27)26(46)34-16-9-19(41(4)12-16)25(45)33-15-8-18(40(3)11-15)24(44)32-14-7-17(39(2)10-14)23(43)31-6-5-20(29)30;/h7-12H,1,5-6H2,2-4H3,(H3,29,30)(H,31,43)(H,32,44)(H,33,45)(H,34,46)(H2,35,36,37,38,42);1H. The van der Waals surface area contributed by atoms with Gasteiger partial charge in [0.2, 0.25) is 11.8 Å². The van der Waals surface area contributed by atoms with E-state index < -0.39 is 23.6 Å². The minimum atomic E-state index is -0.666. The predicted octanol–water partition coefficient (Wildman–Crippen LogP) is 1.90. The van der Waals surface area contributed by atoms with Gasteiger partial charge in [-0.3, -0.25) is 39.8 Å². The van der Waals surface area contributed by atoms with Crippen molar-refractivity contribution in [2.24, 2.45) is 26.9 Å². The summed E-state index contributed by atoms with van der Waals surface area (Å²) in [5.74, 6) is -2.96. The molecule has 4 heterocycles. The summed E-state index contributed by atoms with van der Waals surface area (Å²) in [4.78, 5) is 66.7. The minimum absolute atomic E-state index is 0. The van der Waals surface area contributed by atoms with Crippen molar-refractivity contribution >= 4 is 86.7 Å². The first-order valence-electron chi connectivity index (χ1n) is 13.3. The highest BCUT2D eigenvalue weighted by Crippen LogP contribution is 2.20. The number of halogens is 2. The molecule has 9 N–H and O–H groups in total. The number of carbonyl (C=O) groups is 5. The lowest BCUT2D eigenvalue weighted by Crippen LogP contribution is -2.28. The summed E-state index contributed by atoms with van der Waals surface area (Å²) in [7, 11) is 4.90. The Bertz CT molecular complexity index is 1890. The first-order chi connectivity index (χ1) is 21.7. The number of nitrogens with two attached hydrogens (primary N) is 1. The van der Waals surface area contributed by atoms with Crippen LogP contribution in [0.3, 0.4) is 0 Å². The van der Waals surface area contributed by atoms with Crippen LogP contribution in [0.5, 0.6) is 0 Å². The summed E-state index contributed by atoms with van der Waals surface area (Å²) in [6.45, 7) is 3.64. The van der Waals surface area contributed by atoms with E-state index in [2.05, 4.69) is 64.3 Å². The maximum atomic E-state index is 13.1. The molecule has 20 heteroatoms. The van der Waals surface area contributed by atoms with E-state index >= 15 is 0 Å². The van der Waals surface area contributed by atoms with Crippen LogP contribution >= 0.6 is 28.3 Å². The van der Waals surface area contributed by atoms with Gasteiger partial charge < -0.3 is 40.7 Å². The van der Waals surface area contributed by atoms with Gasteiger partial charge in [0.05, 0.1) is 27.4 Å². The fraction of sp³-hybridized carbons (Fsp3) is 0.185. The quantitative estimate of drug-likeness (QED) is 0.0605. The van der Waals surface area contributed by atoms with Crippen LogP contribution in [0.15, 0.2) is 47.9 Å². The Balaban J connectivity index is 0.00000600. The molecule has 0 aromatic carbocycles. The molecule has 0 bridgehead atoms. The normalized spacial score (nSPS) is 10.4. The maximum Gasteiger partial charge on any atom is 0.293 e. The predicted molar refractivity (Wildman–Crippen MR) is 179 cm³/mol. The van der Waals surface area contributed by atoms with Crippen molar-refractivity contribution in [3.63, 3.8) is 0 Å². The number of H-pyrrole nitrogens is 1.